The second kappa shape index (κ2) is 6.04. The van der Waals surface area contributed by atoms with E-state index in [0.717, 1.165) is 5.39 Å². The number of carbonyl (C=O) groups excluding carboxylic acids is 1. The number of primary amides is 1. The molecule has 5 nitrogen and oxygen atoms in total. The number of carbonyl (C=O) groups is 1. The molecule has 0 saturated heterocycles. The minimum Gasteiger partial charge on any atom is -0.366 e. The fourth-order valence-electron chi connectivity index (χ4n) is 2.41. The molecule has 0 saturated carbocycles. The Bertz CT molecular complexity index is 904. The summed E-state index contributed by atoms with van der Waals surface area (Å²) in [5, 5.41) is 4.74. The molecule has 0 unspecified atom stereocenters. The van der Waals surface area contributed by atoms with E-state index < -0.39 is 18.9 Å². The molecule has 120 valence electrons. The van der Waals surface area contributed by atoms with Crippen molar-refractivity contribution in [3.05, 3.63) is 38.9 Å². The topological polar surface area (TPSA) is 76.7 Å². The standard InChI is InChI=1S/C14H10Br2F2N4O/c15-7-1-6-2-9(20-13(6)8(3-7)14(19)23)10-4-11(16)21-22(10)5-12(17)18/h1-4,12,20H,5H2,(H2,19,23). The van der Waals surface area contributed by atoms with Crippen LogP contribution in [-0.4, -0.2) is 27.1 Å². The molecule has 1 aromatic carbocycles. The van der Waals surface area contributed by atoms with Crippen molar-refractivity contribution in [1.29, 1.82) is 0 Å². The van der Waals surface area contributed by atoms with Crippen LogP contribution in [-0.2, 0) is 6.54 Å². The Morgan fingerprint density at radius 3 is 2.70 bits per heavy atom. The van der Waals surface area contributed by atoms with Gasteiger partial charge in [-0.1, -0.05) is 15.9 Å². The number of nitrogens with two attached hydrogens (primary N) is 1. The minimum atomic E-state index is -2.53. The minimum absolute atomic E-state index is 0.319. The molecule has 0 bridgehead atoms. The Hall–Kier alpha value is -1.74. The van der Waals surface area contributed by atoms with Crippen LogP contribution in [0.3, 0.4) is 0 Å². The summed E-state index contributed by atoms with van der Waals surface area (Å²) in [6, 6.07) is 6.81. The van der Waals surface area contributed by atoms with Gasteiger partial charge in [-0.25, -0.2) is 8.78 Å². The predicted octanol–water partition coefficient (Wildman–Crippen LogP) is 3.92. The van der Waals surface area contributed by atoms with Gasteiger partial charge in [0.2, 0.25) is 0 Å². The number of hydrogen-bond acceptors (Lipinski definition) is 2. The number of hydrogen-bond donors (Lipinski definition) is 2. The lowest BCUT2D eigenvalue weighted by molar-refractivity contribution is 0.100. The Morgan fingerprint density at radius 2 is 2.04 bits per heavy atom. The van der Waals surface area contributed by atoms with E-state index >= 15 is 0 Å². The zero-order valence-corrected chi connectivity index (χ0v) is 14.7. The summed E-state index contributed by atoms with van der Waals surface area (Å²) in [5.41, 5.74) is 7.32. The summed E-state index contributed by atoms with van der Waals surface area (Å²) < 4.78 is 27.8. The second-order valence-electron chi connectivity index (χ2n) is 4.89. The Kier molecular flexibility index (Phi) is 4.24. The zero-order chi connectivity index (χ0) is 16.7. The highest BCUT2D eigenvalue weighted by Gasteiger charge is 2.17. The molecule has 0 spiro atoms. The van der Waals surface area contributed by atoms with Crippen molar-refractivity contribution >= 4 is 48.7 Å². The lowest BCUT2D eigenvalue weighted by Crippen LogP contribution is -2.11. The number of aromatic nitrogens is 3. The van der Waals surface area contributed by atoms with E-state index in [4.69, 9.17) is 5.73 Å². The van der Waals surface area contributed by atoms with Crippen LogP contribution in [0, 0.1) is 0 Å². The van der Waals surface area contributed by atoms with Crippen molar-refractivity contribution in [3.8, 4) is 11.4 Å². The normalized spacial score (nSPS) is 11.5. The van der Waals surface area contributed by atoms with E-state index in [1.807, 2.05) is 6.07 Å². The number of amides is 1. The van der Waals surface area contributed by atoms with Crippen LogP contribution in [0.25, 0.3) is 22.3 Å². The molecule has 0 aliphatic heterocycles. The molecule has 2 aromatic heterocycles. The first kappa shape index (κ1) is 16.1. The van der Waals surface area contributed by atoms with E-state index in [-0.39, 0.29) is 0 Å². The summed E-state index contributed by atoms with van der Waals surface area (Å²) in [6.45, 7) is -0.525. The van der Waals surface area contributed by atoms with Crippen molar-refractivity contribution in [2.24, 2.45) is 5.73 Å². The van der Waals surface area contributed by atoms with Crippen LogP contribution in [0.1, 0.15) is 10.4 Å². The van der Waals surface area contributed by atoms with Crippen LogP contribution in [0.4, 0.5) is 8.78 Å². The van der Waals surface area contributed by atoms with Gasteiger partial charge >= 0.3 is 0 Å². The number of rotatable bonds is 4. The number of benzene rings is 1. The Labute approximate surface area is 146 Å². The average Bonchev–Trinajstić information content (AvgIpc) is 3.00. The van der Waals surface area contributed by atoms with E-state index in [1.165, 1.54) is 4.68 Å². The molecule has 0 radical (unpaired) electrons. The molecule has 1 amide bonds. The zero-order valence-electron chi connectivity index (χ0n) is 11.5. The molecular weight excluding hydrogens is 438 g/mol. The number of fused-ring (bicyclic) bond motifs is 1. The number of H-pyrrole nitrogens is 1. The first-order valence-electron chi connectivity index (χ1n) is 6.49. The number of alkyl halides is 2. The van der Waals surface area contributed by atoms with Gasteiger partial charge in [-0.15, -0.1) is 0 Å². The van der Waals surface area contributed by atoms with Crippen molar-refractivity contribution in [1.82, 2.24) is 14.8 Å². The maximum absolute atomic E-state index is 12.7. The largest absolute Gasteiger partial charge is 0.366 e. The van der Waals surface area contributed by atoms with Gasteiger partial charge in [0, 0.05) is 15.9 Å². The first-order valence-corrected chi connectivity index (χ1v) is 8.07. The third-order valence-electron chi connectivity index (χ3n) is 3.30. The molecule has 0 aliphatic carbocycles. The summed E-state index contributed by atoms with van der Waals surface area (Å²) in [5.74, 6) is -0.577. The summed E-state index contributed by atoms with van der Waals surface area (Å²) in [4.78, 5) is 14.7. The van der Waals surface area contributed by atoms with E-state index in [9.17, 15) is 13.6 Å². The van der Waals surface area contributed by atoms with Gasteiger partial charge in [-0.05, 0) is 34.1 Å². The average molecular weight is 448 g/mol. The maximum Gasteiger partial charge on any atom is 0.257 e. The molecule has 0 aliphatic rings. The molecule has 0 atom stereocenters. The molecule has 3 aromatic rings. The smallest absolute Gasteiger partial charge is 0.257 e. The lowest BCUT2D eigenvalue weighted by Gasteiger charge is -2.04. The molecular formula is C14H10Br2F2N4O. The summed E-state index contributed by atoms with van der Waals surface area (Å²) >= 11 is 6.51. The quantitative estimate of drug-likeness (QED) is 0.635. The van der Waals surface area contributed by atoms with Gasteiger partial charge < -0.3 is 10.7 Å². The highest BCUT2D eigenvalue weighted by atomic mass is 79.9. The van der Waals surface area contributed by atoms with Crippen LogP contribution in [0.15, 0.2) is 33.3 Å². The van der Waals surface area contributed by atoms with Gasteiger partial charge in [0.1, 0.15) is 11.1 Å². The van der Waals surface area contributed by atoms with Gasteiger partial charge in [0.15, 0.2) is 0 Å². The van der Waals surface area contributed by atoms with E-state index in [0.29, 0.717) is 31.5 Å². The predicted molar refractivity (Wildman–Crippen MR) is 89.4 cm³/mol. The van der Waals surface area contributed by atoms with Gasteiger partial charge in [-0.2, -0.15) is 5.10 Å². The monoisotopic (exact) mass is 446 g/mol. The maximum atomic E-state index is 12.7. The van der Waals surface area contributed by atoms with Crippen LogP contribution < -0.4 is 5.73 Å². The molecule has 2 heterocycles. The first-order chi connectivity index (χ1) is 10.8. The second-order valence-corrected chi connectivity index (χ2v) is 6.62. The van der Waals surface area contributed by atoms with Gasteiger partial charge in [0.25, 0.3) is 12.3 Å². The lowest BCUT2D eigenvalue weighted by atomic mass is 10.1. The van der Waals surface area contributed by atoms with Crippen molar-refractivity contribution < 1.29 is 13.6 Å². The number of nitrogens with zero attached hydrogens (tertiary/aromatic N) is 2. The Morgan fingerprint density at radius 1 is 1.30 bits per heavy atom. The van der Waals surface area contributed by atoms with Crippen LogP contribution in [0.5, 0.6) is 0 Å². The van der Waals surface area contributed by atoms with Crippen LogP contribution >= 0.6 is 31.9 Å². The van der Waals surface area contributed by atoms with Crippen molar-refractivity contribution in [3.63, 3.8) is 0 Å². The van der Waals surface area contributed by atoms with Gasteiger partial charge in [-0.3, -0.25) is 9.48 Å². The summed E-state index contributed by atoms with van der Waals surface area (Å²) in [7, 11) is 0. The van der Waals surface area contributed by atoms with Crippen LogP contribution in [0.2, 0.25) is 0 Å². The van der Waals surface area contributed by atoms with E-state index in [1.54, 1.807) is 18.2 Å². The molecule has 0 fully saturated rings. The number of nitrogens with one attached hydrogen (secondary N) is 1. The number of aromatic amines is 1. The van der Waals surface area contributed by atoms with E-state index in [2.05, 4.69) is 41.9 Å². The highest BCUT2D eigenvalue weighted by molar-refractivity contribution is 9.10. The summed E-state index contributed by atoms with van der Waals surface area (Å²) in [6.07, 6.45) is -2.53. The molecule has 3 N–H and O–H groups in total. The van der Waals surface area contributed by atoms with Crippen molar-refractivity contribution in [2.45, 2.75) is 13.0 Å². The fourth-order valence-corrected chi connectivity index (χ4v) is 3.30. The SMILES string of the molecule is NC(=O)c1cc(Br)cc2cc(-c3cc(Br)nn3CC(F)F)[nH]c12. The Balaban J connectivity index is 2.18. The molecule has 23 heavy (non-hydrogen) atoms. The fraction of sp³-hybridized carbons (Fsp3) is 0.143. The highest BCUT2D eigenvalue weighted by Crippen LogP contribution is 2.30. The molecule has 3 rings (SSSR count). The third-order valence-corrected chi connectivity index (χ3v) is 4.14. The van der Waals surface area contributed by atoms with Crippen molar-refractivity contribution in [2.75, 3.05) is 0 Å². The molecule has 9 heteroatoms. The number of halogens is 4. The van der Waals surface area contributed by atoms with Gasteiger partial charge in [0.05, 0.1) is 22.5 Å². The third kappa shape index (κ3) is 3.16.